The van der Waals surface area contributed by atoms with Crippen LogP contribution in [0.15, 0.2) is 24.3 Å². The number of likely N-dealkylation sites (N-methyl/N-ethyl adjacent to an activating group) is 1. The van der Waals surface area contributed by atoms with Crippen molar-refractivity contribution in [2.45, 2.75) is 6.92 Å². The number of amides is 2. The minimum atomic E-state index is -0.513. The van der Waals surface area contributed by atoms with Gasteiger partial charge in [0.2, 0.25) is 5.91 Å². The van der Waals surface area contributed by atoms with Crippen molar-refractivity contribution in [3.8, 4) is 0 Å². The number of nitrogens with zero attached hydrogens (tertiary/aromatic N) is 3. The van der Waals surface area contributed by atoms with Gasteiger partial charge in [-0.3, -0.25) is 24.6 Å². The van der Waals surface area contributed by atoms with Crippen molar-refractivity contribution in [2.75, 3.05) is 39.3 Å². The van der Waals surface area contributed by atoms with Crippen LogP contribution in [0.5, 0.6) is 0 Å². The molecule has 1 aliphatic rings. The fourth-order valence-corrected chi connectivity index (χ4v) is 2.50. The fraction of sp³-hybridized carbons (Fsp3) is 0.467. The third kappa shape index (κ3) is 4.49. The van der Waals surface area contributed by atoms with Crippen LogP contribution in [0.3, 0.4) is 0 Å². The van der Waals surface area contributed by atoms with Crippen LogP contribution in [0.2, 0.25) is 0 Å². The van der Waals surface area contributed by atoms with E-state index in [0.29, 0.717) is 44.8 Å². The summed E-state index contributed by atoms with van der Waals surface area (Å²) in [6.07, 6.45) is 0. The largest absolute Gasteiger partial charge is 0.355 e. The first-order valence-electron chi connectivity index (χ1n) is 7.54. The number of nitrogens with one attached hydrogen (secondary N) is 1. The molecule has 8 heteroatoms. The zero-order valence-electron chi connectivity index (χ0n) is 13.0. The average molecular weight is 320 g/mol. The average Bonchev–Trinajstić information content (AvgIpc) is 2.55. The molecule has 1 heterocycles. The Bertz CT molecular complexity index is 597. The summed E-state index contributed by atoms with van der Waals surface area (Å²) in [6.45, 7) is 5.02. The van der Waals surface area contributed by atoms with E-state index in [1.54, 1.807) is 11.0 Å². The molecule has 0 aromatic heterocycles. The summed E-state index contributed by atoms with van der Waals surface area (Å²) in [5.74, 6) is -0.239. The molecule has 1 N–H and O–H groups in total. The third-order valence-electron chi connectivity index (χ3n) is 3.70. The monoisotopic (exact) mass is 320 g/mol. The number of carbonyl (C=O) groups excluding carboxylic acids is 2. The molecule has 2 amide bonds. The van der Waals surface area contributed by atoms with E-state index >= 15 is 0 Å². The number of non-ortho nitro benzene ring substituents is 1. The van der Waals surface area contributed by atoms with Crippen LogP contribution in [0.4, 0.5) is 5.69 Å². The second kappa shape index (κ2) is 7.68. The first kappa shape index (κ1) is 16.9. The number of nitro groups is 1. The van der Waals surface area contributed by atoms with Crippen molar-refractivity contribution < 1.29 is 14.5 Å². The summed E-state index contributed by atoms with van der Waals surface area (Å²) in [7, 11) is 0. The lowest BCUT2D eigenvalue weighted by atomic mass is 10.1. The topological polar surface area (TPSA) is 95.8 Å². The molecule has 1 aliphatic heterocycles. The van der Waals surface area contributed by atoms with Gasteiger partial charge in [0, 0.05) is 50.4 Å². The summed E-state index contributed by atoms with van der Waals surface area (Å²) < 4.78 is 0. The molecule has 1 aromatic rings. The highest BCUT2D eigenvalue weighted by atomic mass is 16.6. The van der Waals surface area contributed by atoms with E-state index in [9.17, 15) is 19.7 Å². The van der Waals surface area contributed by atoms with Gasteiger partial charge in [0.1, 0.15) is 0 Å². The zero-order chi connectivity index (χ0) is 16.8. The van der Waals surface area contributed by atoms with Crippen molar-refractivity contribution in [3.05, 3.63) is 39.9 Å². The van der Waals surface area contributed by atoms with Gasteiger partial charge in [-0.15, -0.1) is 0 Å². The number of hydrogen-bond acceptors (Lipinski definition) is 5. The van der Waals surface area contributed by atoms with E-state index in [4.69, 9.17) is 0 Å². The van der Waals surface area contributed by atoms with Crippen LogP contribution in [0.25, 0.3) is 0 Å². The summed E-state index contributed by atoms with van der Waals surface area (Å²) in [6, 6.07) is 5.75. The van der Waals surface area contributed by atoms with Crippen molar-refractivity contribution in [3.63, 3.8) is 0 Å². The minimum absolute atomic E-state index is 0.0223. The van der Waals surface area contributed by atoms with Crippen LogP contribution in [0.1, 0.15) is 17.3 Å². The van der Waals surface area contributed by atoms with Crippen LogP contribution in [-0.4, -0.2) is 65.8 Å². The molecule has 2 rings (SSSR count). The number of rotatable bonds is 5. The van der Waals surface area contributed by atoms with E-state index in [2.05, 4.69) is 5.32 Å². The summed E-state index contributed by atoms with van der Waals surface area (Å²) in [5.41, 5.74) is 0.224. The smallest absolute Gasteiger partial charge is 0.270 e. The maximum Gasteiger partial charge on any atom is 0.270 e. The normalized spacial score (nSPS) is 15.3. The van der Waals surface area contributed by atoms with Crippen molar-refractivity contribution in [2.24, 2.45) is 0 Å². The minimum Gasteiger partial charge on any atom is -0.355 e. The molecule has 0 spiro atoms. The van der Waals surface area contributed by atoms with Crippen molar-refractivity contribution in [1.29, 1.82) is 0 Å². The van der Waals surface area contributed by atoms with Crippen molar-refractivity contribution >= 4 is 17.5 Å². The number of nitro benzene ring substituents is 1. The predicted octanol–water partition coefficient (Wildman–Crippen LogP) is 0.489. The standard InChI is InChI=1S/C15H20N4O4/c1-2-16-14(20)11-17-6-8-18(9-7-17)15(21)12-4-3-5-13(10-12)19(22)23/h3-5,10H,2,6-9,11H2,1H3,(H,16,20). The third-order valence-corrected chi connectivity index (χ3v) is 3.70. The lowest BCUT2D eigenvalue weighted by Crippen LogP contribution is -2.51. The van der Waals surface area contributed by atoms with Gasteiger partial charge < -0.3 is 10.2 Å². The molecule has 1 aromatic carbocycles. The van der Waals surface area contributed by atoms with Gasteiger partial charge in [-0.2, -0.15) is 0 Å². The quantitative estimate of drug-likeness (QED) is 0.629. The lowest BCUT2D eigenvalue weighted by Gasteiger charge is -2.34. The van der Waals surface area contributed by atoms with Crippen LogP contribution >= 0.6 is 0 Å². The maximum atomic E-state index is 12.4. The first-order valence-corrected chi connectivity index (χ1v) is 7.54. The number of hydrogen-bond donors (Lipinski definition) is 1. The van der Waals surface area contributed by atoms with Gasteiger partial charge in [0.25, 0.3) is 11.6 Å². The molecule has 0 unspecified atom stereocenters. The number of piperazine rings is 1. The van der Waals surface area contributed by atoms with Gasteiger partial charge in [-0.25, -0.2) is 0 Å². The lowest BCUT2D eigenvalue weighted by molar-refractivity contribution is -0.384. The van der Waals surface area contributed by atoms with Crippen LogP contribution in [-0.2, 0) is 4.79 Å². The Morgan fingerprint density at radius 3 is 2.57 bits per heavy atom. The van der Waals surface area contributed by atoms with Crippen molar-refractivity contribution in [1.82, 2.24) is 15.1 Å². The van der Waals surface area contributed by atoms with E-state index < -0.39 is 4.92 Å². The molecule has 0 radical (unpaired) electrons. The van der Waals surface area contributed by atoms with Gasteiger partial charge in [0.05, 0.1) is 11.5 Å². The highest BCUT2D eigenvalue weighted by Gasteiger charge is 2.24. The Labute approximate surface area is 134 Å². The maximum absolute atomic E-state index is 12.4. The Kier molecular flexibility index (Phi) is 5.64. The molecule has 0 bridgehead atoms. The highest BCUT2D eigenvalue weighted by molar-refractivity contribution is 5.95. The Hall–Kier alpha value is -2.48. The molecular weight excluding hydrogens is 300 g/mol. The molecule has 1 saturated heterocycles. The summed E-state index contributed by atoms with van der Waals surface area (Å²) >= 11 is 0. The van der Waals surface area contributed by atoms with E-state index in [-0.39, 0.29) is 17.5 Å². The van der Waals surface area contributed by atoms with E-state index in [1.807, 2.05) is 11.8 Å². The second-order valence-electron chi connectivity index (χ2n) is 5.33. The van der Waals surface area contributed by atoms with Gasteiger partial charge >= 0.3 is 0 Å². The molecule has 1 fully saturated rings. The summed E-state index contributed by atoms with van der Waals surface area (Å²) in [5, 5.41) is 13.5. The van der Waals surface area contributed by atoms with Crippen LogP contribution in [0, 0.1) is 10.1 Å². The number of carbonyl (C=O) groups is 2. The second-order valence-corrected chi connectivity index (χ2v) is 5.33. The molecular formula is C15H20N4O4. The number of benzene rings is 1. The molecule has 23 heavy (non-hydrogen) atoms. The SMILES string of the molecule is CCNC(=O)CN1CCN(C(=O)c2cccc([N+](=O)[O-])c2)CC1. The van der Waals surface area contributed by atoms with Gasteiger partial charge in [0.15, 0.2) is 0 Å². The van der Waals surface area contributed by atoms with Gasteiger partial charge in [-0.05, 0) is 13.0 Å². The highest BCUT2D eigenvalue weighted by Crippen LogP contribution is 2.15. The molecule has 0 saturated carbocycles. The predicted molar refractivity (Wildman–Crippen MR) is 84.1 cm³/mol. The Balaban J connectivity index is 1.92. The van der Waals surface area contributed by atoms with E-state index in [0.717, 1.165) is 0 Å². The zero-order valence-corrected chi connectivity index (χ0v) is 13.0. The van der Waals surface area contributed by atoms with Crippen LogP contribution < -0.4 is 5.32 Å². The molecule has 8 nitrogen and oxygen atoms in total. The fourth-order valence-electron chi connectivity index (χ4n) is 2.50. The molecule has 124 valence electrons. The Morgan fingerprint density at radius 2 is 1.96 bits per heavy atom. The molecule has 0 atom stereocenters. The Morgan fingerprint density at radius 1 is 1.26 bits per heavy atom. The van der Waals surface area contributed by atoms with E-state index in [1.165, 1.54) is 18.2 Å². The first-order chi connectivity index (χ1) is 11.0. The molecule has 0 aliphatic carbocycles. The summed E-state index contributed by atoms with van der Waals surface area (Å²) in [4.78, 5) is 37.9. The van der Waals surface area contributed by atoms with Gasteiger partial charge in [-0.1, -0.05) is 6.07 Å².